The van der Waals surface area contributed by atoms with Gasteiger partial charge in [-0.1, -0.05) is 0 Å². The molecule has 0 bridgehead atoms. The average Bonchev–Trinajstić information content (AvgIpc) is 2.33. The molecule has 0 saturated heterocycles. The number of hydrogen-bond acceptors (Lipinski definition) is 4. The summed E-state index contributed by atoms with van der Waals surface area (Å²) in [6, 6.07) is 3.50. The number of nitrogens with two attached hydrogens (primary N) is 1. The van der Waals surface area contributed by atoms with E-state index < -0.39 is 15.8 Å². The van der Waals surface area contributed by atoms with Crippen molar-refractivity contribution in [3.05, 3.63) is 29.6 Å². The van der Waals surface area contributed by atoms with Gasteiger partial charge in [-0.05, 0) is 31.0 Å². The molecule has 0 aromatic heterocycles. The van der Waals surface area contributed by atoms with Crippen LogP contribution in [0.3, 0.4) is 0 Å². The molecule has 1 aliphatic rings. The zero-order valence-electron chi connectivity index (χ0n) is 10.6. The number of rotatable bonds is 5. The molecule has 0 aliphatic heterocycles. The van der Waals surface area contributed by atoms with Crippen LogP contribution in [-0.4, -0.2) is 27.7 Å². The van der Waals surface area contributed by atoms with Crippen molar-refractivity contribution in [1.29, 1.82) is 0 Å². The van der Waals surface area contributed by atoms with E-state index in [1.807, 2.05) is 0 Å². The highest BCUT2D eigenvalue weighted by Crippen LogP contribution is 2.25. The number of ether oxygens (including phenoxy) is 1. The molecule has 7 heteroatoms. The number of benzene rings is 1. The predicted molar refractivity (Wildman–Crippen MR) is 68.4 cm³/mol. The first kappa shape index (κ1) is 14.4. The Hall–Kier alpha value is -1.02. The molecule has 5 nitrogen and oxygen atoms in total. The number of hydrogen-bond donors (Lipinski definition) is 2. The fourth-order valence-corrected chi connectivity index (χ4v) is 3.33. The molecule has 106 valence electrons. The molecule has 1 aromatic rings. The second-order valence-corrected chi connectivity index (χ2v) is 6.32. The standard InChI is InChI=1S/C12H17FN2O3S/c1-18-10-5-9(6-10)15-19(16,17)11-2-3-12(13)8(4-11)7-14/h2-4,9-10,15H,5-7,14H2,1H3. The van der Waals surface area contributed by atoms with Crippen molar-refractivity contribution >= 4 is 10.0 Å². The highest BCUT2D eigenvalue weighted by molar-refractivity contribution is 7.89. The summed E-state index contributed by atoms with van der Waals surface area (Å²) >= 11 is 0. The van der Waals surface area contributed by atoms with Gasteiger partial charge in [-0.2, -0.15) is 0 Å². The summed E-state index contributed by atoms with van der Waals surface area (Å²) in [6.45, 7) is -0.0373. The van der Waals surface area contributed by atoms with Crippen molar-refractivity contribution in [3.8, 4) is 0 Å². The van der Waals surface area contributed by atoms with Crippen LogP contribution >= 0.6 is 0 Å². The van der Waals surface area contributed by atoms with Gasteiger partial charge < -0.3 is 10.5 Å². The summed E-state index contributed by atoms with van der Waals surface area (Å²) in [5, 5.41) is 0. The molecule has 1 aliphatic carbocycles. The lowest BCUT2D eigenvalue weighted by Gasteiger charge is -2.34. The van der Waals surface area contributed by atoms with Crippen LogP contribution in [0.15, 0.2) is 23.1 Å². The number of halogens is 1. The van der Waals surface area contributed by atoms with Gasteiger partial charge in [0.25, 0.3) is 0 Å². The van der Waals surface area contributed by atoms with E-state index in [-0.39, 0.29) is 29.1 Å². The zero-order chi connectivity index (χ0) is 14.0. The van der Waals surface area contributed by atoms with Crippen LogP contribution in [0.1, 0.15) is 18.4 Å². The van der Waals surface area contributed by atoms with E-state index in [1.165, 1.54) is 12.1 Å². The lowest BCUT2D eigenvalue weighted by atomic mass is 9.90. The third-order valence-corrected chi connectivity index (χ3v) is 4.82. The number of sulfonamides is 1. The van der Waals surface area contributed by atoms with Gasteiger partial charge >= 0.3 is 0 Å². The largest absolute Gasteiger partial charge is 0.381 e. The fraction of sp³-hybridized carbons (Fsp3) is 0.500. The molecule has 3 N–H and O–H groups in total. The van der Waals surface area contributed by atoms with Crippen LogP contribution in [0.25, 0.3) is 0 Å². The zero-order valence-corrected chi connectivity index (χ0v) is 11.4. The van der Waals surface area contributed by atoms with Crippen molar-refractivity contribution in [3.63, 3.8) is 0 Å². The van der Waals surface area contributed by atoms with Crippen molar-refractivity contribution in [2.75, 3.05) is 7.11 Å². The van der Waals surface area contributed by atoms with Gasteiger partial charge in [0.15, 0.2) is 0 Å². The first-order chi connectivity index (χ1) is 8.96. The van der Waals surface area contributed by atoms with E-state index >= 15 is 0 Å². The monoisotopic (exact) mass is 288 g/mol. The molecule has 0 radical (unpaired) electrons. The third kappa shape index (κ3) is 3.11. The van der Waals surface area contributed by atoms with Gasteiger partial charge in [-0.3, -0.25) is 0 Å². The van der Waals surface area contributed by atoms with Gasteiger partial charge in [-0.15, -0.1) is 0 Å². The molecule has 1 fully saturated rings. The van der Waals surface area contributed by atoms with E-state index in [0.29, 0.717) is 12.8 Å². The second-order valence-electron chi connectivity index (χ2n) is 4.60. The molecule has 2 rings (SSSR count). The van der Waals surface area contributed by atoms with Crippen LogP contribution in [-0.2, 0) is 21.3 Å². The Kier molecular flexibility index (Phi) is 4.19. The maximum atomic E-state index is 13.3. The van der Waals surface area contributed by atoms with Gasteiger partial charge in [0.05, 0.1) is 11.0 Å². The summed E-state index contributed by atoms with van der Waals surface area (Å²) < 4.78 is 45.1. The summed E-state index contributed by atoms with van der Waals surface area (Å²) in [4.78, 5) is 0.0372. The Balaban J connectivity index is 2.11. The quantitative estimate of drug-likeness (QED) is 0.837. The van der Waals surface area contributed by atoms with E-state index in [0.717, 1.165) is 6.07 Å². The molecule has 1 saturated carbocycles. The number of nitrogens with one attached hydrogen (secondary N) is 1. The van der Waals surface area contributed by atoms with Crippen LogP contribution in [0.4, 0.5) is 4.39 Å². The molecule has 0 amide bonds. The smallest absolute Gasteiger partial charge is 0.240 e. The topological polar surface area (TPSA) is 81.4 Å². The first-order valence-corrected chi connectivity index (χ1v) is 7.48. The summed E-state index contributed by atoms with van der Waals surface area (Å²) in [7, 11) is -2.03. The van der Waals surface area contributed by atoms with Gasteiger partial charge in [0, 0.05) is 25.3 Å². The molecule has 1 aromatic carbocycles. The maximum absolute atomic E-state index is 13.3. The minimum absolute atomic E-state index is 0.0372. The summed E-state index contributed by atoms with van der Waals surface area (Å²) in [5.74, 6) is -0.496. The minimum Gasteiger partial charge on any atom is -0.381 e. The Bertz CT molecular complexity index is 556. The molecule has 0 heterocycles. The summed E-state index contributed by atoms with van der Waals surface area (Å²) in [5.41, 5.74) is 5.55. The lowest BCUT2D eigenvalue weighted by Crippen LogP contribution is -2.47. The first-order valence-electron chi connectivity index (χ1n) is 6.00. The maximum Gasteiger partial charge on any atom is 0.240 e. The highest BCUT2D eigenvalue weighted by atomic mass is 32.2. The Labute approximate surface area is 112 Å². The Morgan fingerprint density at radius 2 is 2.16 bits per heavy atom. The van der Waals surface area contributed by atoms with Crippen LogP contribution in [0.2, 0.25) is 0 Å². The third-order valence-electron chi connectivity index (χ3n) is 3.30. The van der Waals surface area contributed by atoms with Crippen molar-refractivity contribution in [2.45, 2.75) is 36.4 Å². The van der Waals surface area contributed by atoms with E-state index in [9.17, 15) is 12.8 Å². The van der Waals surface area contributed by atoms with Crippen LogP contribution in [0, 0.1) is 5.82 Å². The second kappa shape index (κ2) is 5.54. The van der Waals surface area contributed by atoms with E-state index in [1.54, 1.807) is 7.11 Å². The van der Waals surface area contributed by atoms with Crippen molar-refractivity contribution in [2.24, 2.45) is 5.73 Å². The van der Waals surface area contributed by atoms with Crippen molar-refractivity contribution in [1.82, 2.24) is 4.72 Å². The van der Waals surface area contributed by atoms with Gasteiger partial charge in [0.1, 0.15) is 5.82 Å². The van der Waals surface area contributed by atoms with Crippen LogP contribution < -0.4 is 10.5 Å². The van der Waals surface area contributed by atoms with E-state index in [2.05, 4.69) is 4.72 Å². The minimum atomic E-state index is -3.63. The fourth-order valence-electron chi connectivity index (χ4n) is 2.02. The van der Waals surface area contributed by atoms with Gasteiger partial charge in [-0.25, -0.2) is 17.5 Å². The predicted octanol–water partition coefficient (Wildman–Crippen LogP) is 0.740. The molecular weight excluding hydrogens is 271 g/mol. The SMILES string of the molecule is COC1CC(NS(=O)(=O)c2ccc(F)c(CN)c2)C1. The van der Waals surface area contributed by atoms with Crippen LogP contribution in [0.5, 0.6) is 0 Å². The van der Waals surface area contributed by atoms with Gasteiger partial charge in [0.2, 0.25) is 10.0 Å². The normalized spacial score (nSPS) is 23.1. The Morgan fingerprint density at radius 3 is 2.74 bits per heavy atom. The average molecular weight is 288 g/mol. The van der Waals surface area contributed by atoms with Crippen molar-refractivity contribution < 1.29 is 17.5 Å². The molecule has 0 spiro atoms. The lowest BCUT2D eigenvalue weighted by molar-refractivity contribution is 0.0236. The molecular formula is C12H17FN2O3S. The molecule has 19 heavy (non-hydrogen) atoms. The molecule has 0 atom stereocenters. The molecule has 0 unspecified atom stereocenters. The van der Waals surface area contributed by atoms with E-state index in [4.69, 9.17) is 10.5 Å². The highest BCUT2D eigenvalue weighted by Gasteiger charge is 2.32. The Morgan fingerprint density at radius 1 is 1.47 bits per heavy atom. The summed E-state index contributed by atoms with van der Waals surface area (Å²) in [6.07, 6.45) is 1.42. The number of methoxy groups -OCH3 is 1.